The van der Waals surface area contributed by atoms with Crippen LogP contribution >= 0.6 is 12.2 Å². The molecule has 0 amide bonds. The fourth-order valence-corrected chi connectivity index (χ4v) is 3.30. The number of nitrogens with zero attached hydrogens (tertiary/aromatic N) is 1. The van der Waals surface area contributed by atoms with Crippen molar-refractivity contribution in [3.63, 3.8) is 0 Å². The van der Waals surface area contributed by atoms with Crippen LogP contribution in [0.4, 0.5) is 0 Å². The molecular formula is C6H10NO2S3-. The monoisotopic (exact) mass is 224 g/mol. The molecule has 0 saturated carbocycles. The zero-order chi connectivity index (χ0) is 9.35. The standard InChI is InChI=1S/C6H11NO2S3/c1-7(6(10)11)5-2-3-12(8,9)4-5/h5H,2-4H2,1H3,(H,10,11)/p-1. The molecule has 0 aromatic heterocycles. The van der Waals surface area contributed by atoms with Gasteiger partial charge in [-0.05, 0) is 6.42 Å². The largest absolute Gasteiger partial charge is 0.411 e. The van der Waals surface area contributed by atoms with Crippen LogP contribution in [0.2, 0.25) is 0 Å². The average Bonchev–Trinajstić information content (AvgIpc) is 2.28. The van der Waals surface area contributed by atoms with Crippen molar-refractivity contribution in [3.05, 3.63) is 0 Å². The van der Waals surface area contributed by atoms with Gasteiger partial charge in [0.25, 0.3) is 0 Å². The fraction of sp³-hybridized carbons (Fsp3) is 0.833. The topological polar surface area (TPSA) is 37.4 Å². The average molecular weight is 224 g/mol. The highest BCUT2D eigenvalue weighted by Crippen LogP contribution is 2.16. The van der Waals surface area contributed by atoms with Gasteiger partial charge in [0.05, 0.1) is 11.5 Å². The zero-order valence-electron chi connectivity index (χ0n) is 6.69. The van der Waals surface area contributed by atoms with Crippen LogP contribution in [0.25, 0.3) is 0 Å². The van der Waals surface area contributed by atoms with Crippen LogP contribution in [0.1, 0.15) is 6.42 Å². The molecule has 1 rings (SSSR count). The SMILES string of the molecule is CN(C(=S)[S-])C1CCS(=O)(=O)C1. The summed E-state index contributed by atoms with van der Waals surface area (Å²) in [6.07, 6.45) is 0.648. The van der Waals surface area contributed by atoms with Crippen molar-refractivity contribution in [3.8, 4) is 0 Å². The Morgan fingerprint density at radius 3 is 2.58 bits per heavy atom. The number of hydrogen-bond acceptors (Lipinski definition) is 4. The molecular weight excluding hydrogens is 214 g/mol. The first-order valence-electron chi connectivity index (χ1n) is 3.56. The summed E-state index contributed by atoms with van der Waals surface area (Å²) in [4.78, 5) is 1.69. The highest BCUT2D eigenvalue weighted by Gasteiger charge is 2.29. The lowest BCUT2D eigenvalue weighted by Gasteiger charge is -2.28. The van der Waals surface area contributed by atoms with E-state index in [-0.39, 0.29) is 17.5 Å². The van der Waals surface area contributed by atoms with Crippen molar-refractivity contribution >= 4 is 39.0 Å². The molecule has 0 aliphatic carbocycles. The van der Waals surface area contributed by atoms with E-state index in [0.29, 0.717) is 10.7 Å². The van der Waals surface area contributed by atoms with Gasteiger partial charge in [0, 0.05) is 13.1 Å². The normalized spacial score (nSPS) is 26.9. The molecule has 0 spiro atoms. The van der Waals surface area contributed by atoms with Crippen LogP contribution in [-0.4, -0.2) is 42.2 Å². The molecule has 6 heteroatoms. The van der Waals surface area contributed by atoms with Crippen LogP contribution in [0.3, 0.4) is 0 Å². The number of hydrogen-bond donors (Lipinski definition) is 0. The minimum atomic E-state index is -2.82. The van der Waals surface area contributed by atoms with Gasteiger partial charge >= 0.3 is 0 Å². The number of sulfone groups is 1. The van der Waals surface area contributed by atoms with Crippen molar-refractivity contribution in [2.45, 2.75) is 12.5 Å². The lowest BCUT2D eigenvalue weighted by molar-refractivity contribution is 0.409. The van der Waals surface area contributed by atoms with Gasteiger partial charge in [0.2, 0.25) is 0 Å². The molecule has 1 atom stereocenters. The third-order valence-corrected chi connectivity index (χ3v) is 4.37. The molecule has 0 bridgehead atoms. The Morgan fingerprint density at radius 2 is 2.25 bits per heavy atom. The number of rotatable bonds is 1. The first-order chi connectivity index (χ1) is 5.42. The molecule has 0 aromatic carbocycles. The summed E-state index contributed by atoms with van der Waals surface area (Å²) in [5, 5.41) is 0. The van der Waals surface area contributed by atoms with Crippen LogP contribution in [-0.2, 0) is 22.5 Å². The number of thiocarbonyl (C=S) groups is 1. The lowest BCUT2D eigenvalue weighted by Crippen LogP contribution is -2.35. The van der Waals surface area contributed by atoms with Crippen molar-refractivity contribution in [1.82, 2.24) is 4.90 Å². The van der Waals surface area contributed by atoms with Gasteiger partial charge in [0.1, 0.15) is 0 Å². The van der Waals surface area contributed by atoms with E-state index in [9.17, 15) is 8.42 Å². The molecule has 1 saturated heterocycles. The second kappa shape index (κ2) is 3.43. The Balaban J connectivity index is 2.64. The summed E-state index contributed by atoms with van der Waals surface area (Å²) in [5.41, 5.74) is 0. The van der Waals surface area contributed by atoms with Gasteiger partial charge in [-0.1, -0.05) is 4.32 Å². The second-order valence-corrected chi connectivity index (χ2v) is 6.19. The van der Waals surface area contributed by atoms with Crippen molar-refractivity contribution in [2.24, 2.45) is 0 Å². The smallest absolute Gasteiger partial charge is 0.152 e. The van der Waals surface area contributed by atoms with Crippen LogP contribution in [0, 0.1) is 0 Å². The Labute approximate surface area is 83.5 Å². The van der Waals surface area contributed by atoms with Gasteiger partial charge in [-0.2, -0.15) is 0 Å². The summed E-state index contributed by atoms with van der Waals surface area (Å²) >= 11 is 9.55. The van der Waals surface area contributed by atoms with E-state index in [1.165, 1.54) is 0 Å². The third-order valence-electron chi connectivity index (χ3n) is 2.04. The molecule has 0 aromatic rings. The van der Waals surface area contributed by atoms with E-state index >= 15 is 0 Å². The van der Waals surface area contributed by atoms with E-state index in [0.717, 1.165) is 0 Å². The minimum absolute atomic E-state index is 0.000000000000000222. The van der Waals surface area contributed by atoms with E-state index in [1.54, 1.807) is 11.9 Å². The van der Waals surface area contributed by atoms with E-state index < -0.39 is 9.84 Å². The van der Waals surface area contributed by atoms with E-state index in [4.69, 9.17) is 24.8 Å². The maximum Gasteiger partial charge on any atom is 0.152 e. The van der Waals surface area contributed by atoms with Gasteiger partial charge in [-0.25, -0.2) is 8.42 Å². The highest BCUT2D eigenvalue weighted by atomic mass is 32.2. The minimum Gasteiger partial charge on any atom is -0.411 e. The van der Waals surface area contributed by atoms with Gasteiger partial charge in [-0.3, -0.25) is 0 Å². The Hall–Kier alpha value is 0.0600. The lowest BCUT2D eigenvalue weighted by atomic mass is 10.2. The third kappa shape index (κ3) is 2.27. The van der Waals surface area contributed by atoms with E-state index in [2.05, 4.69) is 0 Å². The molecule has 12 heavy (non-hydrogen) atoms. The van der Waals surface area contributed by atoms with Crippen molar-refractivity contribution in [2.75, 3.05) is 18.6 Å². The first-order valence-corrected chi connectivity index (χ1v) is 6.20. The molecule has 1 aliphatic heterocycles. The van der Waals surface area contributed by atoms with E-state index in [1.807, 2.05) is 0 Å². The second-order valence-electron chi connectivity index (χ2n) is 2.93. The van der Waals surface area contributed by atoms with Crippen molar-refractivity contribution < 1.29 is 8.42 Å². The van der Waals surface area contributed by atoms with Gasteiger partial charge in [-0.15, -0.1) is 0 Å². The predicted molar refractivity (Wildman–Crippen MR) is 54.8 cm³/mol. The molecule has 3 nitrogen and oxygen atoms in total. The molecule has 0 radical (unpaired) electrons. The summed E-state index contributed by atoms with van der Waals surface area (Å²) in [5.74, 6) is 0.459. The van der Waals surface area contributed by atoms with Gasteiger partial charge < -0.3 is 29.7 Å². The van der Waals surface area contributed by atoms with Crippen LogP contribution in [0.15, 0.2) is 0 Å². The first kappa shape index (κ1) is 10.1. The molecule has 1 aliphatic rings. The Kier molecular flexibility index (Phi) is 2.90. The molecule has 0 N–H and O–H groups in total. The highest BCUT2D eigenvalue weighted by molar-refractivity contribution is 8.00. The quantitative estimate of drug-likeness (QED) is 0.461. The zero-order valence-corrected chi connectivity index (χ0v) is 9.14. The summed E-state index contributed by atoms with van der Waals surface area (Å²) in [7, 11) is -1.07. The predicted octanol–water partition coefficient (Wildman–Crippen LogP) is -0.0629. The molecule has 1 fully saturated rings. The molecule has 1 heterocycles. The Bertz CT molecular complexity index is 285. The van der Waals surface area contributed by atoms with Crippen LogP contribution in [0.5, 0.6) is 0 Å². The maximum absolute atomic E-state index is 11.1. The summed E-state index contributed by atoms with van der Waals surface area (Å²) in [6, 6.07) is -0.000000000000000222. The maximum atomic E-state index is 11.1. The summed E-state index contributed by atoms with van der Waals surface area (Å²) in [6.45, 7) is 0. The van der Waals surface area contributed by atoms with Crippen LogP contribution < -0.4 is 0 Å². The Morgan fingerprint density at radius 1 is 1.67 bits per heavy atom. The van der Waals surface area contributed by atoms with Crippen molar-refractivity contribution in [1.29, 1.82) is 0 Å². The molecule has 70 valence electrons. The van der Waals surface area contributed by atoms with Gasteiger partial charge in [0.15, 0.2) is 9.84 Å². The molecule has 1 unspecified atom stereocenters. The fourth-order valence-electron chi connectivity index (χ4n) is 1.23. The summed E-state index contributed by atoms with van der Waals surface area (Å²) < 4.78 is 22.5.